The average molecular weight is 188 g/mol. The molecule has 4 nitrogen and oxygen atoms in total. The lowest BCUT2D eigenvalue weighted by molar-refractivity contribution is 0.185. The number of hydrogen-bond donors (Lipinski definition) is 1. The fourth-order valence-electron chi connectivity index (χ4n) is 0.867. The number of hydrogen-bond acceptors (Lipinski definition) is 4. The zero-order chi connectivity index (χ0) is 9.14. The molecule has 0 atom stereocenters. The van der Waals surface area contributed by atoms with Crippen molar-refractivity contribution in [1.82, 2.24) is 4.98 Å². The van der Waals surface area contributed by atoms with Crippen molar-refractivity contribution in [3.8, 4) is 0 Å². The molecule has 0 aliphatic rings. The topological polar surface area (TPSA) is 51.4 Å². The van der Waals surface area contributed by atoms with Gasteiger partial charge in [0.05, 0.1) is 24.0 Å². The van der Waals surface area contributed by atoms with Gasteiger partial charge in [0.15, 0.2) is 0 Å². The van der Waals surface area contributed by atoms with Crippen LogP contribution in [0.3, 0.4) is 0 Å². The van der Waals surface area contributed by atoms with E-state index in [1.54, 1.807) is 7.05 Å². The third-order valence-corrected chi connectivity index (χ3v) is 1.77. The van der Waals surface area contributed by atoms with Crippen molar-refractivity contribution in [2.45, 2.75) is 0 Å². The van der Waals surface area contributed by atoms with Crippen molar-refractivity contribution in [2.75, 3.05) is 25.0 Å². The van der Waals surface area contributed by atoms with E-state index in [1.165, 1.54) is 24.6 Å². The zero-order valence-corrected chi connectivity index (χ0v) is 7.67. The molecule has 66 valence electrons. The molecule has 1 heterocycles. The molecule has 2 N–H and O–H groups in total. The summed E-state index contributed by atoms with van der Waals surface area (Å²) in [5, 5.41) is 1.96. The SMILES string of the molecule is CON(C)c1c(N)cncc1Cl. The predicted molar refractivity (Wildman–Crippen MR) is 49.1 cm³/mol. The van der Waals surface area contributed by atoms with Crippen LogP contribution in [-0.4, -0.2) is 19.1 Å². The number of hydroxylamine groups is 1. The van der Waals surface area contributed by atoms with E-state index < -0.39 is 0 Å². The molecule has 0 aliphatic heterocycles. The standard InChI is InChI=1S/C7H10ClN3O/c1-11(12-2)7-5(8)3-10-4-6(7)9/h3-4H,9H2,1-2H3. The van der Waals surface area contributed by atoms with Gasteiger partial charge in [-0.25, -0.2) is 0 Å². The number of halogens is 1. The first-order chi connectivity index (χ1) is 5.66. The Morgan fingerprint density at radius 2 is 2.25 bits per heavy atom. The van der Waals surface area contributed by atoms with Gasteiger partial charge in [-0.15, -0.1) is 0 Å². The Labute approximate surface area is 75.9 Å². The van der Waals surface area contributed by atoms with E-state index in [0.717, 1.165) is 0 Å². The maximum Gasteiger partial charge on any atom is 0.108 e. The molecular weight excluding hydrogens is 178 g/mol. The van der Waals surface area contributed by atoms with Crippen LogP contribution < -0.4 is 10.8 Å². The Morgan fingerprint density at radius 1 is 1.58 bits per heavy atom. The molecule has 0 aromatic carbocycles. The molecule has 1 aromatic rings. The first kappa shape index (κ1) is 9.09. The van der Waals surface area contributed by atoms with E-state index in [9.17, 15) is 0 Å². The quantitative estimate of drug-likeness (QED) is 0.710. The highest BCUT2D eigenvalue weighted by Crippen LogP contribution is 2.29. The van der Waals surface area contributed by atoms with E-state index in [-0.39, 0.29) is 0 Å². The lowest BCUT2D eigenvalue weighted by Crippen LogP contribution is -2.16. The number of aromatic nitrogens is 1. The molecule has 0 fully saturated rings. The Bertz CT molecular complexity index is 259. The van der Waals surface area contributed by atoms with E-state index in [0.29, 0.717) is 16.4 Å². The minimum atomic E-state index is 0.472. The van der Waals surface area contributed by atoms with Crippen LogP contribution in [0.2, 0.25) is 5.02 Å². The van der Waals surface area contributed by atoms with Gasteiger partial charge in [-0.2, -0.15) is 0 Å². The van der Waals surface area contributed by atoms with Crippen LogP contribution >= 0.6 is 11.6 Å². The third-order valence-electron chi connectivity index (χ3n) is 1.49. The molecule has 0 bridgehead atoms. The normalized spacial score (nSPS) is 9.92. The number of rotatable bonds is 2. The summed E-state index contributed by atoms with van der Waals surface area (Å²) in [6, 6.07) is 0. The van der Waals surface area contributed by atoms with Crippen LogP contribution in [0.25, 0.3) is 0 Å². The minimum Gasteiger partial charge on any atom is -0.396 e. The lowest BCUT2D eigenvalue weighted by Gasteiger charge is -2.18. The summed E-state index contributed by atoms with van der Waals surface area (Å²) in [6.07, 6.45) is 3.04. The van der Waals surface area contributed by atoms with Crippen molar-refractivity contribution in [3.05, 3.63) is 17.4 Å². The Kier molecular flexibility index (Phi) is 2.73. The van der Waals surface area contributed by atoms with E-state index >= 15 is 0 Å². The second-order valence-electron chi connectivity index (χ2n) is 2.24. The van der Waals surface area contributed by atoms with Crippen LogP contribution in [0, 0.1) is 0 Å². The fourth-order valence-corrected chi connectivity index (χ4v) is 1.15. The molecule has 0 spiro atoms. The Hall–Kier alpha value is -1.00. The van der Waals surface area contributed by atoms with Crippen LogP contribution in [0.15, 0.2) is 12.4 Å². The molecule has 0 saturated carbocycles. The van der Waals surface area contributed by atoms with Gasteiger partial charge in [0.25, 0.3) is 0 Å². The van der Waals surface area contributed by atoms with Crippen LogP contribution in [0.4, 0.5) is 11.4 Å². The van der Waals surface area contributed by atoms with Crippen molar-refractivity contribution in [2.24, 2.45) is 0 Å². The van der Waals surface area contributed by atoms with Gasteiger partial charge >= 0.3 is 0 Å². The highest BCUT2D eigenvalue weighted by atomic mass is 35.5. The van der Waals surface area contributed by atoms with Crippen molar-refractivity contribution in [3.63, 3.8) is 0 Å². The molecular formula is C7H10ClN3O. The Balaban J connectivity index is 3.12. The number of anilines is 2. The molecule has 5 heteroatoms. The van der Waals surface area contributed by atoms with Crippen LogP contribution in [0.1, 0.15) is 0 Å². The van der Waals surface area contributed by atoms with E-state index in [2.05, 4.69) is 4.98 Å². The molecule has 1 rings (SSSR count). The largest absolute Gasteiger partial charge is 0.396 e. The Morgan fingerprint density at radius 3 is 2.75 bits per heavy atom. The average Bonchev–Trinajstić information content (AvgIpc) is 2.03. The summed E-state index contributed by atoms with van der Waals surface area (Å²) in [7, 11) is 3.26. The monoisotopic (exact) mass is 187 g/mol. The highest BCUT2D eigenvalue weighted by Gasteiger charge is 2.09. The minimum absolute atomic E-state index is 0.472. The van der Waals surface area contributed by atoms with Gasteiger partial charge in [0.2, 0.25) is 0 Å². The lowest BCUT2D eigenvalue weighted by atomic mass is 10.3. The highest BCUT2D eigenvalue weighted by molar-refractivity contribution is 6.33. The molecule has 0 amide bonds. The third kappa shape index (κ3) is 1.60. The molecule has 0 unspecified atom stereocenters. The molecule has 0 aliphatic carbocycles. The van der Waals surface area contributed by atoms with Gasteiger partial charge in [-0.1, -0.05) is 11.6 Å². The van der Waals surface area contributed by atoms with E-state index in [1.807, 2.05) is 0 Å². The second-order valence-corrected chi connectivity index (χ2v) is 2.65. The predicted octanol–water partition coefficient (Wildman–Crippen LogP) is 1.31. The van der Waals surface area contributed by atoms with Crippen LogP contribution in [-0.2, 0) is 4.84 Å². The maximum atomic E-state index is 5.84. The van der Waals surface area contributed by atoms with Gasteiger partial charge in [-0.05, 0) is 0 Å². The van der Waals surface area contributed by atoms with Gasteiger partial charge in [0, 0.05) is 13.2 Å². The number of pyridine rings is 1. The molecule has 12 heavy (non-hydrogen) atoms. The second kappa shape index (κ2) is 3.60. The maximum absolute atomic E-state index is 5.84. The zero-order valence-electron chi connectivity index (χ0n) is 6.91. The smallest absolute Gasteiger partial charge is 0.108 e. The molecule has 0 radical (unpaired) electrons. The van der Waals surface area contributed by atoms with Crippen molar-refractivity contribution < 1.29 is 4.84 Å². The van der Waals surface area contributed by atoms with Crippen LogP contribution in [0.5, 0.6) is 0 Å². The number of nitrogen functional groups attached to an aromatic ring is 1. The first-order valence-corrected chi connectivity index (χ1v) is 3.71. The summed E-state index contributed by atoms with van der Waals surface area (Å²) >= 11 is 5.84. The fraction of sp³-hybridized carbons (Fsp3) is 0.286. The summed E-state index contributed by atoms with van der Waals surface area (Å²) in [5.74, 6) is 0. The molecule has 0 saturated heterocycles. The van der Waals surface area contributed by atoms with Crippen molar-refractivity contribution in [1.29, 1.82) is 0 Å². The first-order valence-electron chi connectivity index (χ1n) is 3.33. The summed E-state index contributed by atoms with van der Waals surface area (Å²) in [5.41, 5.74) is 6.76. The molecule has 1 aromatic heterocycles. The van der Waals surface area contributed by atoms with Gasteiger partial charge in [-0.3, -0.25) is 14.9 Å². The summed E-state index contributed by atoms with van der Waals surface area (Å²) in [6.45, 7) is 0. The number of nitrogens with two attached hydrogens (primary N) is 1. The summed E-state index contributed by atoms with van der Waals surface area (Å²) in [4.78, 5) is 8.76. The number of nitrogens with zero attached hydrogens (tertiary/aromatic N) is 2. The van der Waals surface area contributed by atoms with Crippen molar-refractivity contribution >= 4 is 23.0 Å². The van der Waals surface area contributed by atoms with E-state index in [4.69, 9.17) is 22.2 Å². The van der Waals surface area contributed by atoms with Gasteiger partial charge < -0.3 is 5.73 Å². The summed E-state index contributed by atoms with van der Waals surface area (Å²) < 4.78 is 0. The van der Waals surface area contributed by atoms with Gasteiger partial charge in [0.1, 0.15) is 5.69 Å².